The second-order valence-corrected chi connectivity index (χ2v) is 7.34. The van der Waals surface area contributed by atoms with Crippen LogP contribution in [-0.4, -0.2) is 31.0 Å². The van der Waals surface area contributed by atoms with Crippen molar-refractivity contribution in [3.05, 3.63) is 26.7 Å². The van der Waals surface area contributed by atoms with E-state index >= 15 is 0 Å². The molecule has 6 nitrogen and oxygen atoms in total. The Hall–Kier alpha value is -1.84. The van der Waals surface area contributed by atoms with Gasteiger partial charge in [-0.3, -0.25) is 13.9 Å². The predicted octanol–water partition coefficient (Wildman–Crippen LogP) is 3.07. The van der Waals surface area contributed by atoms with Gasteiger partial charge in [-0.1, -0.05) is 20.8 Å². The first-order chi connectivity index (χ1) is 12.1. The van der Waals surface area contributed by atoms with Crippen molar-refractivity contribution in [1.82, 2.24) is 19.1 Å². The van der Waals surface area contributed by atoms with Crippen LogP contribution in [0.2, 0.25) is 0 Å². The van der Waals surface area contributed by atoms with Crippen molar-refractivity contribution in [3.8, 4) is 0 Å². The molecule has 0 amide bonds. The molecule has 26 heavy (non-hydrogen) atoms. The van der Waals surface area contributed by atoms with Gasteiger partial charge in [0, 0.05) is 25.3 Å². The molecule has 2 aromatic heterocycles. The summed E-state index contributed by atoms with van der Waals surface area (Å²) >= 11 is 0.864. The van der Waals surface area contributed by atoms with E-state index < -0.39 is 23.8 Å². The molecular formula is C16H21F3N4O2S. The largest absolute Gasteiger partial charge is 0.389 e. The summed E-state index contributed by atoms with van der Waals surface area (Å²) in [6, 6.07) is 0. The lowest BCUT2D eigenvalue weighted by Gasteiger charge is -2.15. The van der Waals surface area contributed by atoms with Crippen LogP contribution in [-0.2, 0) is 13.6 Å². The molecule has 0 aliphatic carbocycles. The summed E-state index contributed by atoms with van der Waals surface area (Å²) in [5.74, 6) is 0.0311. The van der Waals surface area contributed by atoms with E-state index in [1.54, 1.807) is 0 Å². The molecule has 0 radical (unpaired) electrons. The standard InChI is InChI=1S/C16H21F3N4O2S/c1-5-7-23-12-10(14(24)22(4)15(23)25)13(21-11(20-12)9(2)3)26-8-6-16(17,18)19/h9H,5-8H2,1-4H3. The molecule has 0 spiro atoms. The molecule has 144 valence electrons. The molecule has 0 aromatic carbocycles. The Labute approximate surface area is 152 Å². The first-order valence-corrected chi connectivity index (χ1v) is 9.26. The van der Waals surface area contributed by atoms with Crippen molar-refractivity contribution in [3.63, 3.8) is 0 Å². The van der Waals surface area contributed by atoms with Gasteiger partial charge in [0.1, 0.15) is 16.2 Å². The molecule has 0 N–H and O–H groups in total. The maximum atomic E-state index is 12.6. The fraction of sp³-hybridized carbons (Fsp3) is 0.625. The van der Waals surface area contributed by atoms with Crippen molar-refractivity contribution in [2.45, 2.75) is 57.3 Å². The van der Waals surface area contributed by atoms with Crippen LogP contribution in [0.15, 0.2) is 14.6 Å². The molecule has 0 aliphatic heterocycles. The topological polar surface area (TPSA) is 69.8 Å². The lowest BCUT2D eigenvalue weighted by molar-refractivity contribution is -0.129. The van der Waals surface area contributed by atoms with Crippen molar-refractivity contribution in [1.29, 1.82) is 0 Å². The Balaban J connectivity index is 2.73. The van der Waals surface area contributed by atoms with Crippen LogP contribution in [0.25, 0.3) is 11.0 Å². The number of hydrogen-bond donors (Lipinski definition) is 0. The highest BCUT2D eigenvalue weighted by Crippen LogP contribution is 2.29. The maximum Gasteiger partial charge on any atom is 0.389 e. The molecule has 0 aliphatic rings. The number of nitrogens with zero attached hydrogens (tertiary/aromatic N) is 4. The quantitative estimate of drug-likeness (QED) is 0.560. The third kappa shape index (κ3) is 4.28. The summed E-state index contributed by atoms with van der Waals surface area (Å²) < 4.78 is 39.8. The third-order valence-electron chi connectivity index (χ3n) is 3.75. The molecule has 2 rings (SSSR count). The number of aryl methyl sites for hydroxylation is 1. The number of halogens is 3. The molecule has 2 aromatic rings. The maximum absolute atomic E-state index is 12.6. The first kappa shape index (κ1) is 20.5. The Bertz CT molecular complexity index is 919. The van der Waals surface area contributed by atoms with E-state index in [1.807, 2.05) is 20.8 Å². The number of fused-ring (bicyclic) bond motifs is 1. The summed E-state index contributed by atoms with van der Waals surface area (Å²) in [4.78, 5) is 33.7. The van der Waals surface area contributed by atoms with Gasteiger partial charge >= 0.3 is 11.9 Å². The Kier molecular flexibility index (Phi) is 6.15. The van der Waals surface area contributed by atoms with Gasteiger partial charge in [-0.15, -0.1) is 11.8 Å². The van der Waals surface area contributed by atoms with E-state index in [1.165, 1.54) is 11.6 Å². The molecule has 0 unspecified atom stereocenters. The fourth-order valence-electron chi connectivity index (χ4n) is 2.40. The lowest BCUT2D eigenvalue weighted by atomic mass is 10.2. The third-order valence-corrected chi connectivity index (χ3v) is 4.73. The van der Waals surface area contributed by atoms with Gasteiger partial charge in [-0.05, 0) is 6.42 Å². The number of thioether (sulfide) groups is 1. The Morgan fingerprint density at radius 2 is 1.85 bits per heavy atom. The summed E-state index contributed by atoms with van der Waals surface area (Å²) in [5, 5.41) is 0.283. The normalized spacial score (nSPS) is 12.3. The zero-order chi connectivity index (χ0) is 19.6. The van der Waals surface area contributed by atoms with E-state index in [2.05, 4.69) is 9.97 Å². The average Bonchev–Trinajstić information content (AvgIpc) is 2.54. The first-order valence-electron chi connectivity index (χ1n) is 8.27. The minimum atomic E-state index is -4.29. The van der Waals surface area contributed by atoms with Crippen molar-refractivity contribution < 1.29 is 13.2 Å². The number of hydrogen-bond acceptors (Lipinski definition) is 5. The Morgan fingerprint density at radius 3 is 2.38 bits per heavy atom. The van der Waals surface area contributed by atoms with Gasteiger partial charge in [0.2, 0.25) is 0 Å². The van der Waals surface area contributed by atoms with E-state index in [9.17, 15) is 22.8 Å². The van der Waals surface area contributed by atoms with Crippen LogP contribution in [0.1, 0.15) is 45.4 Å². The summed E-state index contributed by atoms with van der Waals surface area (Å²) in [6.07, 6.45) is -4.63. The number of alkyl halides is 3. The van der Waals surface area contributed by atoms with E-state index in [0.717, 1.165) is 16.3 Å². The molecule has 0 atom stereocenters. The minimum Gasteiger partial charge on any atom is -0.277 e. The average molecular weight is 390 g/mol. The highest BCUT2D eigenvalue weighted by atomic mass is 32.2. The molecule has 0 fully saturated rings. The van der Waals surface area contributed by atoms with Crippen LogP contribution in [0.3, 0.4) is 0 Å². The minimum absolute atomic E-state index is 0.0946. The van der Waals surface area contributed by atoms with Gasteiger partial charge in [-0.25, -0.2) is 14.8 Å². The highest BCUT2D eigenvalue weighted by molar-refractivity contribution is 7.99. The van der Waals surface area contributed by atoms with Gasteiger partial charge < -0.3 is 0 Å². The Morgan fingerprint density at radius 1 is 1.19 bits per heavy atom. The zero-order valence-corrected chi connectivity index (χ0v) is 15.9. The second kappa shape index (κ2) is 7.81. The highest BCUT2D eigenvalue weighted by Gasteiger charge is 2.27. The number of rotatable bonds is 6. The SMILES string of the molecule is CCCn1c(=O)n(C)c(=O)c2c(SCCC(F)(F)F)nc(C(C)C)nc21. The van der Waals surface area contributed by atoms with Gasteiger partial charge in [-0.2, -0.15) is 13.2 Å². The molecule has 10 heteroatoms. The predicted molar refractivity (Wildman–Crippen MR) is 94.8 cm³/mol. The van der Waals surface area contributed by atoms with Gasteiger partial charge in [0.25, 0.3) is 5.56 Å². The van der Waals surface area contributed by atoms with Crippen LogP contribution < -0.4 is 11.2 Å². The van der Waals surface area contributed by atoms with Gasteiger partial charge in [0.15, 0.2) is 5.65 Å². The summed E-state index contributed by atoms with van der Waals surface area (Å²) in [6.45, 7) is 5.92. The van der Waals surface area contributed by atoms with Crippen molar-refractivity contribution in [2.75, 3.05) is 5.75 Å². The van der Waals surface area contributed by atoms with Crippen molar-refractivity contribution in [2.24, 2.45) is 7.05 Å². The molecule has 0 saturated heterocycles. The van der Waals surface area contributed by atoms with Crippen LogP contribution in [0.4, 0.5) is 13.2 Å². The lowest BCUT2D eigenvalue weighted by Crippen LogP contribution is -2.39. The zero-order valence-electron chi connectivity index (χ0n) is 15.1. The van der Waals surface area contributed by atoms with Gasteiger partial charge in [0.05, 0.1) is 6.42 Å². The summed E-state index contributed by atoms with van der Waals surface area (Å²) in [7, 11) is 1.34. The van der Waals surface area contributed by atoms with E-state index in [0.29, 0.717) is 18.8 Å². The van der Waals surface area contributed by atoms with E-state index in [-0.39, 0.29) is 27.7 Å². The summed E-state index contributed by atoms with van der Waals surface area (Å²) in [5.41, 5.74) is -0.903. The second-order valence-electron chi connectivity index (χ2n) is 6.25. The van der Waals surface area contributed by atoms with Crippen LogP contribution in [0, 0.1) is 0 Å². The fourth-order valence-corrected chi connectivity index (χ4v) is 3.41. The molecule has 2 heterocycles. The monoisotopic (exact) mass is 390 g/mol. The smallest absolute Gasteiger partial charge is 0.277 e. The molecule has 0 bridgehead atoms. The van der Waals surface area contributed by atoms with E-state index in [4.69, 9.17) is 0 Å². The number of aromatic nitrogens is 4. The molecular weight excluding hydrogens is 369 g/mol. The van der Waals surface area contributed by atoms with Crippen molar-refractivity contribution >= 4 is 22.8 Å². The molecule has 0 saturated carbocycles. The van der Waals surface area contributed by atoms with Crippen LogP contribution in [0.5, 0.6) is 0 Å². The van der Waals surface area contributed by atoms with Crippen LogP contribution >= 0.6 is 11.8 Å².